The Morgan fingerprint density at radius 2 is 1.78 bits per heavy atom. The Morgan fingerprint density at radius 1 is 1.07 bits per heavy atom. The number of benzene rings is 2. The van der Waals surface area contributed by atoms with Crippen LogP contribution in [0.4, 0.5) is 16.2 Å². The highest BCUT2D eigenvalue weighted by molar-refractivity contribution is 6.30. The number of rotatable bonds is 5. The van der Waals surface area contributed by atoms with E-state index in [0.717, 1.165) is 5.56 Å². The Hall–Kier alpha value is -3.65. The van der Waals surface area contributed by atoms with E-state index < -0.39 is 6.09 Å². The van der Waals surface area contributed by atoms with Crippen LogP contribution in [0.2, 0.25) is 5.02 Å². The molecule has 0 aliphatic carbocycles. The second-order valence-electron chi connectivity index (χ2n) is 5.37. The first kappa shape index (κ1) is 18.2. The molecule has 0 saturated carbocycles. The van der Waals surface area contributed by atoms with E-state index in [1.54, 1.807) is 42.5 Å². The summed E-state index contributed by atoms with van der Waals surface area (Å²) in [6, 6.07) is 13.4. The van der Waals surface area contributed by atoms with Gasteiger partial charge < -0.3 is 10.4 Å². The summed E-state index contributed by atoms with van der Waals surface area (Å²) in [5.41, 5.74) is 1.71. The van der Waals surface area contributed by atoms with Crippen molar-refractivity contribution >= 4 is 41.2 Å². The number of aromatic nitrogens is 3. The molecule has 0 atom stereocenters. The molecule has 3 rings (SSSR count). The smallest absolute Gasteiger partial charge is 0.409 e. The predicted octanol–water partition coefficient (Wildman–Crippen LogP) is 3.80. The van der Waals surface area contributed by atoms with E-state index in [2.05, 4.69) is 20.7 Å². The Balaban J connectivity index is 1.61. The Morgan fingerprint density at radius 3 is 2.44 bits per heavy atom. The summed E-state index contributed by atoms with van der Waals surface area (Å²) in [5.74, 6) is 0.123. The molecule has 1 heterocycles. The van der Waals surface area contributed by atoms with Crippen molar-refractivity contribution < 1.29 is 14.7 Å². The van der Waals surface area contributed by atoms with Crippen molar-refractivity contribution in [3.63, 3.8) is 0 Å². The van der Waals surface area contributed by atoms with E-state index in [1.807, 2.05) is 6.07 Å². The normalized spacial score (nSPS) is 10.7. The number of carbonyl (C=O) groups is 2. The van der Waals surface area contributed by atoms with Gasteiger partial charge >= 0.3 is 6.09 Å². The van der Waals surface area contributed by atoms with Crippen LogP contribution in [0.15, 0.2) is 60.9 Å². The van der Waals surface area contributed by atoms with Crippen LogP contribution < -0.4 is 10.6 Å². The molecule has 8 nitrogen and oxygen atoms in total. The monoisotopic (exact) mass is 383 g/mol. The fourth-order valence-electron chi connectivity index (χ4n) is 2.19. The van der Waals surface area contributed by atoms with E-state index in [9.17, 15) is 9.59 Å². The van der Waals surface area contributed by atoms with E-state index in [0.29, 0.717) is 22.2 Å². The third-order valence-corrected chi connectivity index (χ3v) is 3.61. The zero-order valence-corrected chi connectivity index (χ0v) is 14.6. The Bertz CT molecular complexity index is 998. The van der Waals surface area contributed by atoms with Gasteiger partial charge in [0.2, 0.25) is 5.91 Å². The number of anilines is 2. The van der Waals surface area contributed by atoms with E-state index >= 15 is 0 Å². The Labute approximate surface area is 159 Å². The van der Waals surface area contributed by atoms with E-state index in [1.165, 1.54) is 23.3 Å². The SMILES string of the molecule is O=C(O)Nc1ccc(NC(=O)C=Cn2cnc(-c3cccc(Cl)c3)n2)cc1. The maximum absolute atomic E-state index is 12.0. The van der Waals surface area contributed by atoms with Gasteiger partial charge in [0.15, 0.2) is 5.82 Å². The van der Waals surface area contributed by atoms with Gasteiger partial charge in [-0.05, 0) is 36.4 Å². The summed E-state index contributed by atoms with van der Waals surface area (Å²) in [6.07, 6.45) is 3.10. The van der Waals surface area contributed by atoms with Crippen LogP contribution in [0.5, 0.6) is 0 Å². The summed E-state index contributed by atoms with van der Waals surface area (Å²) < 4.78 is 1.41. The highest BCUT2D eigenvalue weighted by Gasteiger charge is 2.04. The van der Waals surface area contributed by atoms with Gasteiger partial charge in [-0.2, -0.15) is 0 Å². The highest BCUT2D eigenvalue weighted by Crippen LogP contribution is 2.19. The van der Waals surface area contributed by atoms with Crippen molar-refractivity contribution in [2.75, 3.05) is 10.6 Å². The maximum atomic E-state index is 12.0. The van der Waals surface area contributed by atoms with Crippen molar-refractivity contribution in [3.05, 3.63) is 66.0 Å². The second kappa shape index (κ2) is 8.15. The van der Waals surface area contributed by atoms with Gasteiger partial charge in [0, 0.05) is 34.2 Å². The zero-order chi connectivity index (χ0) is 19.2. The van der Waals surface area contributed by atoms with Gasteiger partial charge in [-0.3, -0.25) is 10.1 Å². The van der Waals surface area contributed by atoms with Crippen LogP contribution in [0.1, 0.15) is 0 Å². The lowest BCUT2D eigenvalue weighted by Gasteiger charge is -2.04. The summed E-state index contributed by atoms with van der Waals surface area (Å²) in [4.78, 5) is 26.7. The van der Waals surface area contributed by atoms with Gasteiger partial charge in [0.25, 0.3) is 0 Å². The first-order valence-electron chi connectivity index (χ1n) is 7.76. The fourth-order valence-corrected chi connectivity index (χ4v) is 2.39. The van der Waals surface area contributed by atoms with Crippen LogP contribution >= 0.6 is 11.6 Å². The van der Waals surface area contributed by atoms with E-state index in [-0.39, 0.29) is 5.91 Å². The van der Waals surface area contributed by atoms with Crippen LogP contribution in [-0.2, 0) is 4.79 Å². The lowest BCUT2D eigenvalue weighted by Crippen LogP contribution is -2.09. The summed E-state index contributed by atoms with van der Waals surface area (Å²) in [5, 5.41) is 18.4. The molecule has 2 aromatic carbocycles. The molecule has 1 aromatic heterocycles. The highest BCUT2D eigenvalue weighted by atomic mass is 35.5. The summed E-state index contributed by atoms with van der Waals surface area (Å²) >= 11 is 5.95. The minimum Gasteiger partial charge on any atom is -0.465 e. The van der Waals surface area contributed by atoms with Gasteiger partial charge in [-0.25, -0.2) is 14.5 Å². The first-order valence-corrected chi connectivity index (χ1v) is 8.14. The van der Waals surface area contributed by atoms with Crippen LogP contribution in [0.25, 0.3) is 17.6 Å². The van der Waals surface area contributed by atoms with E-state index in [4.69, 9.17) is 16.7 Å². The molecular formula is C18H14ClN5O3. The van der Waals surface area contributed by atoms with Crippen molar-refractivity contribution in [1.82, 2.24) is 14.8 Å². The molecule has 9 heteroatoms. The first-order chi connectivity index (χ1) is 13.0. The molecule has 0 bridgehead atoms. The van der Waals surface area contributed by atoms with Crippen LogP contribution in [0, 0.1) is 0 Å². The minimum absolute atomic E-state index is 0.367. The number of nitrogens with zero attached hydrogens (tertiary/aromatic N) is 3. The molecule has 0 spiro atoms. The summed E-state index contributed by atoms with van der Waals surface area (Å²) in [7, 11) is 0. The molecule has 3 aromatic rings. The van der Waals surface area contributed by atoms with Gasteiger partial charge in [-0.15, -0.1) is 5.10 Å². The molecule has 3 N–H and O–H groups in total. The Kier molecular flexibility index (Phi) is 5.48. The lowest BCUT2D eigenvalue weighted by atomic mass is 10.2. The number of nitrogens with one attached hydrogen (secondary N) is 2. The molecular weight excluding hydrogens is 370 g/mol. The topological polar surface area (TPSA) is 109 Å². The molecule has 0 aliphatic heterocycles. The number of hydrogen-bond acceptors (Lipinski definition) is 4. The average Bonchev–Trinajstić information content (AvgIpc) is 3.10. The predicted molar refractivity (Wildman–Crippen MR) is 103 cm³/mol. The van der Waals surface area contributed by atoms with Gasteiger partial charge in [0.05, 0.1) is 0 Å². The number of carbonyl (C=O) groups excluding carboxylic acids is 1. The molecule has 0 fully saturated rings. The van der Waals surface area contributed by atoms with Crippen molar-refractivity contribution in [2.24, 2.45) is 0 Å². The third-order valence-electron chi connectivity index (χ3n) is 3.37. The lowest BCUT2D eigenvalue weighted by molar-refractivity contribution is -0.111. The molecule has 0 aliphatic rings. The van der Waals surface area contributed by atoms with Crippen LogP contribution in [-0.4, -0.2) is 31.9 Å². The molecule has 27 heavy (non-hydrogen) atoms. The van der Waals surface area contributed by atoms with Gasteiger partial charge in [-0.1, -0.05) is 23.7 Å². The number of carboxylic acid groups (broad SMARTS) is 1. The zero-order valence-electron chi connectivity index (χ0n) is 13.8. The number of amides is 2. The quantitative estimate of drug-likeness (QED) is 0.580. The van der Waals surface area contributed by atoms with Crippen molar-refractivity contribution in [3.8, 4) is 11.4 Å². The van der Waals surface area contributed by atoms with Crippen molar-refractivity contribution in [1.29, 1.82) is 0 Å². The maximum Gasteiger partial charge on any atom is 0.409 e. The average molecular weight is 384 g/mol. The molecule has 2 amide bonds. The third kappa shape index (κ3) is 5.16. The molecule has 136 valence electrons. The molecule has 0 radical (unpaired) electrons. The molecule has 0 saturated heterocycles. The standard InChI is InChI=1S/C18H14ClN5O3/c19-13-3-1-2-12(10-13)17-20-11-24(23-17)9-8-16(25)21-14-4-6-15(7-5-14)22-18(26)27/h1-11,22H,(H,21,25)(H,26,27). The van der Waals surface area contributed by atoms with Gasteiger partial charge in [0.1, 0.15) is 6.33 Å². The second-order valence-corrected chi connectivity index (χ2v) is 5.81. The minimum atomic E-state index is -1.15. The fraction of sp³-hybridized carbons (Fsp3) is 0. The number of halogens is 1. The largest absolute Gasteiger partial charge is 0.465 e. The summed E-state index contributed by atoms with van der Waals surface area (Å²) in [6.45, 7) is 0. The van der Waals surface area contributed by atoms with Crippen molar-refractivity contribution in [2.45, 2.75) is 0 Å². The van der Waals surface area contributed by atoms with Crippen LogP contribution in [0.3, 0.4) is 0 Å². The molecule has 0 unspecified atom stereocenters. The number of hydrogen-bond donors (Lipinski definition) is 3.